The van der Waals surface area contributed by atoms with Crippen LogP contribution in [0.1, 0.15) is 0 Å². The molecule has 0 aliphatic heterocycles. The Hall–Kier alpha value is -6.10. The van der Waals surface area contributed by atoms with E-state index in [1.54, 1.807) is 0 Å². The maximum Gasteiger partial charge on any atom is 0.165 e. The molecule has 0 unspecified atom stereocenters. The van der Waals surface area contributed by atoms with Crippen molar-refractivity contribution < 1.29 is 0 Å². The normalized spacial score (nSPS) is 12.2. The van der Waals surface area contributed by atoms with E-state index in [0.717, 1.165) is 39.0 Å². The van der Waals surface area contributed by atoms with E-state index < -0.39 is 0 Å². The molecule has 0 spiro atoms. The van der Waals surface area contributed by atoms with E-state index in [0.29, 0.717) is 0 Å². The van der Waals surface area contributed by atoms with Crippen LogP contribution >= 0.6 is 11.3 Å². The van der Waals surface area contributed by atoms with Crippen molar-refractivity contribution in [3.05, 3.63) is 152 Å². The molecular weight excluding hydrogens is 603 g/mol. The van der Waals surface area contributed by atoms with Gasteiger partial charge in [-0.2, -0.15) is 0 Å². The second-order valence-electron chi connectivity index (χ2n) is 12.5. The summed E-state index contributed by atoms with van der Waals surface area (Å²) in [5.41, 5.74) is 6.02. The van der Waals surface area contributed by atoms with Crippen molar-refractivity contribution in [2.24, 2.45) is 0 Å². The first-order valence-corrected chi connectivity index (χ1v) is 17.1. The lowest BCUT2D eigenvalue weighted by Gasteiger charge is -2.15. The maximum atomic E-state index is 5.49. The van der Waals surface area contributed by atoms with Crippen LogP contribution in [0.5, 0.6) is 0 Å². The third-order valence-electron chi connectivity index (χ3n) is 9.92. The van der Waals surface area contributed by atoms with E-state index in [2.05, 4.69) is 144 Å². The fraction of sp³-hybridized carbons (Fsp3) is 0. The van der Waals surface area contributed by atoms with Gasteiger partial charge in [0.1, 0.15) is 5.69 Å². The quantitative estimate of drug-likeness (QED) is 0.191. The number of fused-ring (bicyclic) bond motifs is 13. The molecule has 0 saturated carbocycles. The van der Waals surface area contributed by atoms with Crippen molar-refractivity contribution in [1.82, 2.24) is 14.5 Å². The summed E-state index contributed by atoms with van der Waals surface area (Å²) in [4.78, 5) is 10.9. The van der Waals surface area contributed by atoms with E-state index in [-0.39, 0.29) is 0 Å². The van der Waals surface area contributed by atoms with Gasteiger partial charge in [0, 0.05) is 31.8 Å². The van der Waals surface area contributed by atoms with Gasteiger partial charge >= 0.3 is 0 Å². The zero-order valence-corrected chi connectivity index (χ0v) is 26.5. The number of rotatable bonds is 2. The predicted octanol–water partition coefficient (Wildman–Crippen LogP) is 12.2. The largest absolute Gasteiger partial charge is 0.290 e. The molecule has 4 heteroatoms. The molecule has 0 atom stereocenters. The summed E-state index contributed by atoms with van der Waals surface area (Å²) in [5.74, 6) is 0.843. The Labute approximate surface area is 278 Å². The van der Waals surface area contributed by atoms with Gasteiger partial charge < -0.3 is 0 Å². The van der Waals surface area contributed by atoms with E-state index in [1.807, 2.05) is 23.5 Å². The minimum atomic E-state index is 0.843. The number of hydrogen-bond donors (Lipinski definition) is 0. The minimum absolute atomic E-state index is 0.843. The first-order valence-electron chi connectivity index (χ1n) is 16.3. The van der Waals surface area contributed by atoms with Gasteiger partial charge in [-0.15, -0.1) is 11.3 Å². The summed E-state index contributed by atoms with van der Waals surface area (Å²) in [6.07, 6.45) is 0. The van der Waals surface area contributed by atoms with Crippen LogP contribution in [-0.4, -0.2) is 14.5 Å². The Morgan fingerprint density at radius 3 is 1.88 bits per heavy atom. The lowest BCUT2D eigenvalue weighted by atomic mass is 9.98. The average molecular weight is 628 g/mol. The topological polar surface area (TPSA) is 30.7 Å². The van der Waals surface area contributed by atoms with E-state index >= 15 is 0 Å². The van der Waals surface area contributed by atoms with Crippen LogP contribution in [0.15, 0.2) is 152 Å². The van der Waals surface area contributed by atoms with Gasteiger partial charge in [0.2, 0.25) is 0 Å². The number of hydrogen-bond acceptors (Lipinski definition) is 3. The van der Waals surface area contributed by atoms with Crippen molar-refractivity contribution in [1.29, 1.82) is 0 Å². The highest BCUT2D eigenvalue weighted by Crippen LogP contribution is 2.49. The van der Waals surface area contributed by atoms with Crippen LogP contribution in [-0.2, 0) is 0 Å². The van der Waals surface area contributed by atoms with Crippen LogP contribution < -0.4 is 0 Å². The molecule has 0 saturated heterocycles. The number of benzene rings is 8. The SMILES string of the molecule is c1ccc2cc3c(cc2c1)sc1c3c2ccccc2c2c3ccccc3n(-c3nc4ccccc4nc3-c3cccc4ccccc34)c12. The second kappa shape index (κ2) is 9.71. The van der Waals surface area contributed by atoms with E-state index in [9.17, 15) is 0 Å². The standard InChI is InChI=1S/C44H25N3S/c1-2-14-28-25-38-34(24-27(28)13-1)40-31-18-6-5-17-30(31)39-33-19-7-10-23-37(33)47(42(39)43(40)48-38)44-41(45-35-21-8-9-22-36(35)46-44)32-20-11-15-26-12-3-4-16-29(26)32/h1-25H. The van der Waals surface area contributed by atoms with Crippen molar-refractivity contribution >= 4 is 96.7 Å². The summed E-state index contributed by atoms with van der Waals surface area (Å²) in [7, 11) is 0. The first kappa shape index (κ1) is 26.0. The van der Waals surface area contributed by atoms with Crippen molar-refractivity contribution in [2.75, 3.05) is 0 Å². The predicted molar refractivity (Wildman–Crippen MR) is 205 cm³/mol. The van der Waals surface area contributed by atoms with Gasteiger partial charge in [-0.25, -0.2) is 9.97 Å². The highest BCUT2D eigenvalue weighted by molar-refractivity contribution is 7.27. The van der Waals surface area contributed by atoms with Gasteiger partial charge in [0.15, 0.2) is 5.82 Å². The number of aromatic nitrogens is 3. The number of para-hydroxylation sites is 3. The Kier molecular flexibility index (Phi) is 5.26. The third-order valence-corrected chi connectivity index (χ3v) is 11.1. The smallest absolute Gasteiger partial charge is 0.165 e. The van der Waals surface area contributed by atoms with Crippen LogP contribution in [0.2, 0.25) is 0 Å². The zero-order valence-electron chi connectivity index (χ0n) is 25.7. The average Bonchev–Trinajstić information content (AvgIpc) is 3.69. The zero-order chi connectivity index (χ0) is 31.3. The molecule has 3 heterocycles. The summed E-state index contributed by atoms with van der Waals surface area (Å²) in [6, 6.07) is 54.4. The molecule has 48 heavy (non-hydrogen) atoms. The molecule has 11 aromatic rings. The molecule has 3 nitrogen and oxygen atoms in total. The fourth-order valence-corrected chi connectivity index (χ4v) is 9.13. The van der Waals surface area contributed by atoms with Gasteiger partial charge in [0.25, 0.3) is 0 Å². The molecular formula is C44H25N3S. The molecule has 3 aromatic heterocycles. The van der Waals surface area contributed by atoms with Crippen LogP contribution in [0.3, 0.4) is 0 Å². The fourth-order valence-electron chi connectivity index (χ4n) is 7.84. The van der Waals surface area contributed by atoms with Gasteiger partial charge in [-0.1, -0.05) is 121 Å². The third kappa shape index (κ3) is 3.52. The Bertz CT molecular complexity index is 3120. The summed E-state index contributed by atoms with van der Waals surface area (Å²) >= 11 is 1.88. The number of nitrogens with zero attached hydrogens (tertiary/aromatic N) is 3. The molecule has 0 bridgehead atoms. The van der Waals surface area contributed by atoms with Crippen molar-refractivity contribution in [3.8, 4) is 17.1 Å². The molecule has 0 aliphatic carbocycles. The van der Waals surface area contributed by atoms with Crippen LogP contribution in [0.4, 0.5) is 0 Å². The van der Waals surface area contributed by atoms with E-state index in [1.165, 1.54) is 63.4 Å². The summed E-state index contributed by atoms with van der Waals surface area (Å²) < 4.78 is 4.96. The highest BCUT2D eigenvalue weighted by atomic mass is 32.1. The van der Waals surface area contributed by atoms with Gasteiger partial charge in [-0.3, -0.25) is 4.57 Å². The van der Waals surface area contributed by atoms with Gasteiger partial charge in [-0.05, 0) is 62.6 Å². The van der Waals surface area contributed by atoms with Crippen LogP contribution in [0, 0.1) is 0 Å². The van der Waals surface area contributed by atoms with Crippen molar-refractivity contribution in [2.45, 2.75) is 0 Å². The molecule has 222 valence electrons. The molecule has 0 radical (unpaired) electrons. The highest BCUT2D eigenvalue weighted by Gasteiger charge is 2.25. The molecule has 0 aliphatic rings. The molecule has 0 amide bonds. The summed E-state index contributed by atoms with van der Waals surface area (Å²) in [6.45, 7) is 0. The first-order chi connectivity index (χ1) is 23.8. The Balaban J connectivity index is 1.40. The summed E-state index contributed by atoms with van der Waals surface area (Å²) in [5, 5.41) is 12.5. The maximum absolute atomic E-state index is 5.49. The van der Waals surface area contributed by atoms with Gasteiger partial charge in [0.05, 0.1) is 26.8 Å². The Morgan fingerprint density at radius 2 is 1.06 bits per heavy atom. The van der Waals surface area contributed by atoms with Crippen molar-refractivity contribution in [3.63, 3.8) is 0 Å². The van der Waals surface area contributed by atoms with E-state index in [4.69, 9.17) is 9.97 Å². The lowest BCUT2D eigenvalue weighted by molar-refractivity contribution is 1.08. The monoisotopic (exact) mass is 627 g/mol. The molecule has 0 fully saturated rings. The minimum Gasteiger partial charge on any atom is -0.290 e. The Morgan fingerprint density at radius 1 is 0.458 bits per heavy atom. The molecule has 11 rings (SSSR count). The number of thiophene rings is 1. The second-order valence-corrected chi connectivity index (χ2v) is 13.6. The van der Waals surface area contributed by atoms with Crippen LogP contribution in [0.25, 0.3) is 102 Å². The molecule has 0 N–H and O–H groups in total. The lowest BCUT2D eigenvalue weighted by Crippen LogP contribution is -2.04. The molecule has 8 aromatic carbocycles.